The van der Waals surface area contributed by atoms with Gasteiger partial charge in [-0.15, -0.1) is 24.0 Å². The van der Waals surface area contributed by atoms with E-state index in [9.17, 15) is 0 Å². The van der Waals surface area contributed by atoms with Crippen molar-refractivity contribution in [3.8, 4) is 0 Å². The van der Waals surface area contributed by atoms with Crippen LogP contribution in [0.3, 0.4) is 0 Å². The quantitative estimate of drug-likeness (QED) is 0.275. The molecule has 3 rings (SSSR count). The molecule has 0 aliphatic carbocycles. The number of hydrogen-bond donors (Lipinski definition) is 1. The predicted molar refractivity (Wildman–Crippen MR) is 136 cm³/mol. The van der Waals surface area contributed by atoms with Crippen LogP contribution in [0.1, 0.15) is 29.4 Å². The van der Waals surface area contributed by atoms with Gasteiger partial charge in [0.1, 0.15) is 5.82 Å². The Hall–Kier alpha value is -2.35. The molecule has 5 nitrogen and oxygen atoms in total. The van der Waals surface area contributed by atoms with Crippen LogP contribution in [-0.4, -0.2) is 41.1 Å². The van der Waals surface area contributed by atoms with Crippen LogP contribution in [0, 0.1) is 0 Å². The average molecular weight is 517 g/mol. The fourth-order valence-corrected chi connectivity index (χ4v) is 3.39. The molecule has 0 aliphatic heterocycles. The SMILES string of the molecule is CCc1ccc(CN(C)C(=NC)NCCc2nccn2Cc2ccccc2)cc1.I. The fourth-order valence-electron chi connectivity index (χ4n) is 3.39. The highest BCUT2D eigenvalue weighted by Gasteiger charge is 2.08. The van der Waals surface area contributed by atoms with Gasteiger partial charge in [-0.05, 0) is 23.1 Å². The van der Waals surface area contributed by atoms with Crippen LogP contribution < -0.4 is 5.32 Å². The number of hydrogen-bond acceptors (Lipinski definition) is 2. The van der Waals surface area contributed by atoms with Crippen molar-refractivity contribution >= 4 is 29.9 Å². The zero-order valence-electron chi connectivity index (χ0n) is 18.1. The van der Waals surface area contributed by atoms with E-state index in [1.807, 2.05) is 25.5 Å². The zero-order valence-corrected chi connectivity index (χ0v) is 20.4. The minimum absolute atomic E-state index is 0. The molecule has 0 spiro atoms. The number of imidazole rings is 1. The maximum atomic E-state index is 4.53. The summed E-state index contributed by atoms with van der Waals surface area (Å²) in [6, 6.07) is 19.3. The summed E-state index contributed by atoms with van der Waals surface area (Å²) in [6.45, 7) is 4.64. The molecule has 1 aromatic heterocycles. The standard InChI is InChI=1S/C24H31N5.HI/c1-4-20-10-12-22(13-11-20)18-28(3)24(25-2)27-15-14-23-26-16-17-29(23)19-21-8-6-5-7-9-21;/h5-13,16-17H,4,14-15,18-19H2,1-3H3,(H,25,27);1H. The minimum atomic E-state index is 0. The molecule has 1 heterocycles. The molecular weight excluding hydrogens is 485 g/mol. The van der Waals surface area contributed by atoms with Crippen LogP contribution in [0.2, 0.25) is 0 Å². The molecule has 0 radical (unpaired) electrons. The monoisotopic (exact) mass is 517 g/mol. The predicted octanol–water partition coefficient (Wildman–Crippen LogP) is 4.36. The topological polar surface area (TPSA) is 45.4 Å². The van der Waals surface area contributed by atoms with Crippen molar-refractivity contribution in [1.29, 1.82) is 0 Å². The van der Waals surface area contributed by atoms with Gasteiger partial charge in [-0.25, -0.2) is 4.98 Å². The molecule has 160 valence electrons. The summed E-state index contributed by atoms with van der Waals surface area (Å²) in [5.74, 6) is 1.97. The number of rotatable bonds is 8. The van der Waals surface area contributed by atoms with E-state index in [-0.39, 0.29) is 24.0 Å². The summed E-state index contributed by atoms with van der Waals surface area (Å²) in [4.78, 5) is 11.1. The van der Waals surface area contributed by atoms with Gasteiger partial charge in [0.25, 0.3) is 0 Å². The van der Waals surface area contributed by atoms with Crippen LogP contribution in [0.15, 0.2) is 72.0 Å². The van der Waals surface area contributed by atoms with Crippen LogP contribution >= 0.6 is 24.0 Å². The summed E-state index contributed by atoms with van der Waals surface area (Å²) < 4.78 is 2.21. The lowest BCUT2D eigenvalue weighted by molar-refractivity contribution is 0.476. The van der Waals surface area contributed by atoms with Crippen molar-refractivity contribution in [3.05, 3.63) is 89.5 Å². The molecule has 6 heteroatoms. The van der Waals surface area contributed by atoms with Gasteiger partial charge < -0.3 is 14.8 Å². The third kappa shape index (κ3) is 6.86. The van der Waals surface area contributed by atoms with Crippen LogP contribution in [0.25, 0.3) is 0 Å². The van der Waals surface area contributed by atoms with Crippen LogP contribution in [0.4, 0.5) is 0 Å². The van der Waals surface area contributed by atoms with Crippen molar-refractivity contribution in [1.82, 2.24) is 19.8 Å². The Kier molecular flexibility index (Phi) is 9.86. The first kappa shape index (κ1) is 23.9. The van der Waals surface area contributed by atoms with E-state index in [2.05, 4.69) is 87.3 Å². The molecule has 0 fully saturated rings. The van der Waals surface area contributed by atoms with E-state index in [1.165, 1.54) is 16.7 Å². The molecule has 0 saturated heterocycles. The van der Waals surface area contributed by atoms with Gasteiger partial charge in [0.2, 0.25) is 0 Å². The van der Waals surface area contributed by atoms with E-state index >= 15 is 0 Å². The second kappa shape index (κ2) is 12.4. The summed E-state index contributed by atoms with van der Waals surface area (Å²) in [5, 5.41) is 3.46. The summed E-state index contributed by atoms with van der Waals surface area (Å²) in [5.41, 5.74) is 3.93. The molecule has 30 heavy (non-hydrogen) atoms. The Labute approximate surface area is 197 Å². The maximum absolute atomic E-state index is 4.53. The Balaban J connectivity index is 0.00000320. The van der Waals surface area contributed by atoms with E-state index in [0.29, 0.717) is 0 Å². The van der Waals surface area contributed by atoms with Crippen LogP contribution in [0.5, 0.6) is 0 Å². The lowest BCUT2D eigenvalue weighted by Crippen LogP contribution is -2.39. The maximum Gasteiger partial charge on any atom is 0.193 e. The third-order valence-corrected chi connectivity index (χ3v) is 5.05. The lowest BCUT2D eigenvalue weighted by Gasteiger charge is -2.22. The number of aromatic nitrogens is 2. The van der Waals surface area contributed by atoms with Gasteiger partial charge in [0.05, 0.1) is 0 Å². The van der Waals surface area contributed by atoms with Gasteiger partial charge in [-0.1, -0.05) is 61.5 Å². The lowest BCUT2D eigenvalue weighted by atomic mass is 10.1. The van der Waals surface area contributed by atoms with Crippen molar-refractivity contribution in [2.75, 3.05) is 20.6 Å². The van der Waals surface area contributed by atoms with Gasteiger partial charge in [-0.3, -0.25) is 4.99 Å². The smallest absolute Gasteiger partial charge is 0.193 e. The number of aliphatic imine (C=N–C) groups is 1. The molecule has 0 saturated carbocycles. The highest BCUT2D eigenvalue weighted by atomic mass is 127. The highest BCUT2D eigenvalue weighted by molar-refractivity contribution is 14.0. The summed E-state index contributed by atoms with van der Waals surface area (Å²) in [7, 11) is 3.90. The summed E-state index contributed by atoms with van der Waals surface area (Å²) >= 11 is 0. The van der Waals surface area contributed by atoms with E-state index in [4.69, 9.17) is 0 Å². The van der Waals surface area contributed by atoms with E-state index in [1.54, 1.807) is 0 Å². The molecule has 0 amide bonds. The number of halogens is 1. The van der Waals surface area contributed by atoms with Crippen molar-refractivity contribution in [3.63, 3.8) is 0 Å². The second-order valence-corrected chi connectivity index (χ2v) is 7.21. The van der Waals surface area contributed by atoms with Crippen molar-refractivity contribution < 1.29 is 0 Å². The first-order chi connectivity index (χ1) is 14.2. The van der Waals surface area contributed by atoms with Crippen LogP contribution in [-0.2, 0) is 25.9 Å². The van der Waals surface area contributed by atoms with E-state index < -0.39 is 0 Å². The number of guanidine groups is 1. The van der Waals surface area contributed by atoms with E-state index in [0.717, 1.165) is 44.3 Å². The molecule has 0 bridgehead atoms. The molecule has 1 N–H and O–H groups in total. The van der Waals surface area contributed by atoms with Gasteiger partial charge in [-0.2, -0.15) is 0 Å². The first-order valence-electron chi connectivity index (χ1n) is 10.2. The Morgan fingerprint density at radius 1 is 1.03 bits per heavy atom. The third-order valence-electron chi connectivity index (χ3n) is 5.05. The number of nitrogens with zero attached hydrogens (tertiary/aromatic N) is 4. The summed E-state index contributed by atoms with van der Waals surface area (Å²) in [6.07, 6.45) is 5.83. The van der Waals surface area contributed by atoms with Crippen molar-refractivity contribution in [2.45, 2.75) is 32.9 Å². The van der Waals surface area contributed by atoms with Gasteiger partial charge >= 0.3 is 0 Å². The normalized spacial score (nSPS) is 11.1. The van der Waals surface area contributed by atoms with Gasteiger partial charge in [0, 0.05) is 52.5 Å². The fraction of sp³-hybridized carbons (Fsp3) is 0.333. The largest absolute Gasteiger partial charge is 0.356 e. The molecule has 0 unspecified atom stereocenters. The molecule has 2 aromatic carbocycles. The average Bonchev–Trinajstić information content (AvgIpc) is 3.19. The highest BCUT2D eigenvalue weighted by Crippen LogP contribution is 2.08. The minimum Gasteiger partial charge on any atom is -0.356 e. The molecule has 0 atom stereocenters. The van der Waals surface area contributed by atoms with Crippen molar-refractivity contribution in [2.24, 2.45) is 4.99 Å². The number of nitrogens with one attached hydrogen (secondary N) is 1. The molecule has 3 aromatic rings. The first-order valence-corrected chi connectivity index (χ1v) is 10.2. The Morgan fingerprint density at radius 2 is 1.73 bits per heavy atom. The van der Waals surface area contributed by atoms with Gasteiger partial charge in [0.15, 0.2) is 5.96 Å². The molecule has 0 aliphatic rings. The number of benzene rings is 2. The zero-order chi connectivity index (χ0) is 20.5. The second-order valence-electron chi connectivity index (χ2n) is 7.21. The Morgan fingerprint density at radius 3 is 2.40 bits per heavy atom. The number of aryl methyl sites for hydroxylation is 1. The Bertz CT molecular complexity index is 903. The molecular formula is C24H32IN5.